The standard InChI is InChI=1S/C10H11BrF3N/c1-9(15,10(2,13)14)7-5-6(11)3-4-8(7)12/h3-5H,15H2,1-2H3. The van der Waals surface area contributed by atoms with Crippen molar-refractivity contribution in [1.29, 1.82) is 0 Å². The molecule has 0 aliphatic rings. The molecule has 15 heavy (non-hydrogen) atoms. The van der Waals surface area contributed by atoms with Gasteiger partial charge in [-0.1, -0.05) is 15.9 Å². The Morgan fingerprint density at radius 3 is 2.27 bits per heavy atom. The summed E-state index contributed by atoms with van der Waals surface area (Å²) in [6, 6.07) is 3.81. The number of benzene rings is 1. The van der Waals surface area contributed by atoms with Gasteiger partial charge in [0, 0.05) is 17.0 Å². The minimum atomic E-state index is -3.20. The molecule has 0 aliphatic carbocycles. The van der Waals surface area contributed by atoms with Crippen molar-refractivity contribution in [3.8, 4) is 0 Å². The van der Waals surface area contributed by atoms with Crippen molar-refractivity contribution in [3.63, 3.8) is 0 Å². The molecule has 0 bridgehead atoms. The third kappa shape index (κ3) is 2.34. The average molecular weight is 282 g/mol. The molecule has 0 fully saturated rings. The second-order valence-corrected chi connectivity index (χ2v) is 4.63. The van der Waals surface area contributed by atoms with Gasteiger partial charge in [0.1, 0.15) is 11.4 Å². The van der Waals surface area contributed by atoms with Crippen molar-refractivity contribution in [2.24, 2.45) is 5.73 Å². The van der Waals surface area contributed by atoms with E-state index in [0.717, 1.165) is 13.0 Å². The molecule has 1 rings (SSSR count). The average Bonchev–Trinajstić information content (AvgIpc) is 2.07. The number of hydrogen-bond donors (Lipinski definition) is 1. The first-order valence-electron chi connectivity index (χ1n) is 4.28. The van der Waals surface area contributed by atoms with Crippen LogP contribution >= 0.6 is 15.9 Å². The molecule has 2 N–H and O–H groups in total. The van der Waals surface area contributed by atoms with Crippen molar-refractivity contribution in [1.82, 2.24) is 0 Å². The van der Waals surface area contributed by atoms with Crippen LogP contribution < -0.4 is 5.73 Å². The van der Waals surface area contributed by atoms with E-state index >= 15 is 0 Å². The highest BCUT2D eigenvalue weighted by Gasteiger charge is 2.45. The molecule has 0 amide bonds. The molecule has 1 aromatic carbocycles. The fourth-order valence-electron chi connectivity index (χ4n) is 1.13. The maximum Gasteiger partial charge on any atom is 0.266 e. The molecule has 1 unspecified atom stereocenters. The van der Waals surface area contributed by atoms with Gasteiger partial charge < -0.3 is 5.73 Å². The number of alkyl halides is 2. The van der Waals surface area contributed by atoms with Crippen LogP contribution in [0.15, 0.2) is 22.7 Å². The first-order chi connectivity index (χ1) is 6.66. The Morgan fingerprint density at radius 1 is 1.27 bits per heavy atom. The number of halogens is 4. The highest BCUT2D eigenvalue weighted by molar-refractivity contribution is 9.10. The third-order valence-electron chi connectivity index (χ3n) is 2.40. The molecule has 0 heterocycles. The van der Waals surface area contributed by atoms with E-state index in [0.29, 0.717) is 11.4 Å². The van der Waals surface area contributed by atoms with Crippen LogP contribution in [0.4, 0.5) is 13.2 Å². The summed E-state index contributed by atoms with van der Waals surface area (Å²) in [5, 5.41) is 0. The fourth-order valence-corrected chi connectivity index (χ4v) is 1.49. The first kappa shape index (κ1) is 12.5. The Balaban J connectivity index is 3.32. The predicted octanol–water partition coefficient (Wildman–Crippen LogP) is 3.42. The maximum atomic E-state index is 13.4. The van der Waals surface area contributed by atoms with E-state index in [9.17, 15) is 13.2 Å². The predicted molar refractivity (Wildman–Crippen MR) is 56.3 cm³/mol. The topological polar surface area (TPSA) is 26.0 Å². The summed E-state index contributed by atoms with van der Waals surface area (Å²) in [5.74, 6) is -3.93. The SMILES string of the molecule is CC(F)(F)C(C)(N)c1cc(Br)ccc1F. The van der Waals surface area contributed by atoms with Crippen LogP contribution in [0, 0.1) is 5.82 Å². The molecule has 0 spiro atoms. The Bertz CT molecular complexity index is 371. The number of hydrogen-bond acceptors (Lipinski definition) is 1. The van der Waals surface area contributed by atoms with Crippen molar-refractivity contribution in [2.75, 3.05) is 0 Å². The van der Waals surface area contributed by atoms with E-state index in [1.54, 1.807) is 0 Å². The molecule has 0 radical (unpaired) electrons. The fraction of sp³-hybridized carbons (Fsp3) is 0.400. The Kier molecular flexibility index (Phi) is 3.16. The Morgan fingerprint density at radius 2 is 1.80 bits per heavy atom. The van der Waals surface area contributed by atoms with Gasteiger partial charge in [-0.25, -0.2) is 13.2 Å². The molecular formula is C10H11BrF3N. The lowest BCUT2D eigenvalue weighted by atomic mass is 9.87. The van der Waals surface area contributed by atoms with Crippen LogP contribution in [-0.4, -0.2) is 5.92 Å². The summed E-state index contributed by atoms with van der Waals surface area (Å²) in [7, 11) is 0. The summed E-state index contributed by atoms with van der Waals surface area (Å²) in [5.41, 5.74) is 3.24. The molecule has 84 valence electrons. The summed E-state index contributed by atoms with van der Waals surface area (Å²) in [4.78, 5) is 0. The Hall–Kier alpha value is -0.550. The minimum Gasteiger partial charge on any atom is -0.317 e. The molecule has 5 heteroatoms. The molecule has 1 nitrogen and oxygen atoms in total. The zero-order valence-electron chi connectivity index (χ0n) is 8.32. The van der Waals surface area contributed by atoms with Crippen molar-refractivity contribution >= 4 is 15.9 Å². The van der Waals surface area contributed by atoms with Gasteiger partial charge in [-0.15, -0.1) is 0 Å². The van der Waals surface area contributed by atoms with Crippen LogP contribution in [-0.2, 0) is 5.54 Å². The lowest BCUT2D eigenvalue weighted by molar-refractivity contribution is -0.0536. The third-order valence-corrected chi connectivity index (χ3v) is 2.89. The van der Waals surface area contributed by atoms with E-state index < -0.39 is 17.3 Å². The molecule has 0 saturated carbocycles. The molecule has 1 atom stereocenters. The molecular weight excluding hydrogens is 271 g/mol. The second kappa shape index (κ2) is 3.79. The van der Waals surface area contributed by atoms with Crippen LogP contribution in [0.5, 0.6) is 0 Å². The number of rotatable bonds is 2. The molecule has 1 aromatic rings. The van der Waals surface area contributed by atoms with E-state index in [1.165, 1.54) is 12.1 Å². The molecule has 0 aliphatic heterocycles. The van der Waals surface area contributed by atoms with Crippen molar-refractivity contribution in [2.45, 2.75) is 25.3 Å². The minimum absolute atomic E-state index is 0.204. The number of nitrogens with two attached hydrogens (primary N) is 1. The first-order valence-corrected chi connectivity index (χ1v) is 5.08. The van der Waals surface area contributed by atoms with Crippen molar-refractivity contribution in [3.05, 3.63) is 34.1 Å². The van der Waals surface area contributed by atoms with Gasteiger partial charge in [0.2, 0.25) is 0 Å². The van der Waals surface area contributed by atoms with Gasteiger partial charge in [0.05, 0.1) is 0 Å². The summed E-state index contributed by atoms with van der Waals surface area (Å²) in [6.45, 7) is 1.78. The summed E-state index contributed by atoms with van der Waals surface area (Å²) in [6.07, 6.45) is 0. The van der Waals surface area contributed by atoms with Gasteiger partial charge >= 0.3 is 0 Å². The highest BCUT2D eigenvalue weighted by atomic mass is 79.9. The smallest absolute Gasteiger partial charge is 0.266 e. The second-order valence-electron chi connectivity index (χ2n) is 3.71. The van der Waals surface area contributed by atoms with Crippen molar-refractivity contribution < 1.29 is 13.2 Å². The Labute approximate surface area is 94.6 Å². The van der Waals surface area contributed by atoms with Crippen LogP contribution in [0.3, 0.4) is 0 Å². The van der Waals surface area contributed by atoms with E-state index in [4.69, 9.17) is 5.73 Å². The van der Waals surface area contributed by atoms with E-state index in [1.807, 2.05) is 0 Å². The monoisotopic (exact) mass is 281 g/mol. The van der Waals surface area contributed by atoms with Gasteiger partial charge in [-0.05, 0) is 25.1 Å². The van der Waals surface area contributed by atoms with E-state index in [2.05, 4.69) is 15.9 Å². The van der Waals surface area contributed by atoms with Gasteiger partial charge in [-0.2, -0.15) is 0 Å². The summed E-state index contributed by atoms with van der Waals surface area (Å²) < 4.78 is 40.3. The largest absolute Gasteiger partial charge is 0.317 e. The quantitative estimate of drug-likeness (QED) is 0.883. The zero-order chi connectivity index (χ0) is 11.9. The van der Waals surface area contributed by atoms with Crippen LogP contribution in [0.25, 0.3) is 0 Å². The van der Waals surface area contributed by atoms with Gasteiger partial charge in [-0.3, -0.25) is 0 Å². The summed E-state index contributed by atoms with van der Waals surface area (Å²) >= 11 is 3.09. The van der Waals surface area contributed by atoms with E-state index in [-0.39, 0.29) is 5.56 Å². The zero-order valence-corrected chi connectivity index (χ0v) is 9.91. The van der Waals surface area contributed by atoms with Crippen LogP contribution in [0.1, 0.15) is 19.4 Å². The maximum absolute atomic E-state index is 13.4. The lowest BCUT2D eigenvalue weighted by Crippen LogP contribution is -2.49. The lowest BCUT2D eigenvalue weighted by Gasteiger charge is -2.32. The van der Waals surface area contributed by atoms with Gasteiger partial charge in [0.25, 0.3) is 5.92 Å². The van der Waals surface area contributed by atoms with Crippen LogP contribution in [0.2, 0.25) is 0 Å². The van der Waals surface area contributed by atoms with Gasteiger partial charge in [0.15, 0.2) is 0 Å². The molecule has 0 aromatic heterocycles. The highest BCUT2D eigenvalue weighted by Crippen LogP contribution is 2.36. The molecule has 0 saturated heterocycles. The normalized spacial score (nSPS) is 16.2.